The van der Waals surface area contributed by atoms with Gasteiger partial charge in [0.05, 0.1) is 32.3 Å². The van der Waals surface area contributed by atoms with Gasteiger partial charge < -0.3 is 41.4 Å². The minimum Gasteiger partial charge on any atom is -0.368 e. The summed E-state index contributed by atoms with van der Waals surface area (Å²) in [7, 11) is 0. The van der Waals surface area contributed by atoms with E-state index in [9.17, 15) is 28.8 Å². The molecule has 1 atom stereocenters. The smallest absolute Gasteiger partial charge is 0.246 e. The number of nitrogens with one attached hydrogen (secondary N) is 4. The summed E-state index contributed by atoms with van der Waals surface area (Å²) >= 11 is 0. The molecule has 6 amide bonds. The van der Waals surface area contributed by atoms with E-state index in [1.807, 2.05) is 0 Å². The summed E-state index contributed by atoms with van der Waals surface area (Å²) in [5.41, 5.74) is 5.05. The fourth-order valence-corrected chi connectivity index (χ4v) is 4.20. The minimum absolute atomic E-state index is 0.0633. The average molecular weight is 541 g/mol. The van der Waals surface area contributed by atoms with Gasteiger partial charge in [-0.15, -0.1) is 0 Å². The van der Waals surface area contributed by atoms with Crippen molar-refractivity contribution >= 4 is 35.4 Å². The van der Waals surface area contributed by atoms with Crippen LogP contribution >= 0.6 is 0 Å². The Morgan fingerprint density at radius 3 is 1.74 bits per heavy atom. The first kappa shape index (κ1) is 31.0. The van der Waals surface area contributed by atoms with Crippen LogP contribution in [0.1, 0.15) is 57.8 Å². The van der Waals surface area contributed by atoms with Crippen molar-refractivity contribution in [2.75, 3.05) is 45.9 Å². The summed E-state index contributed by atoms with van der Waals surface area (Å²) in [6, 6.07) is 0. The van der Waals surface area contributed by atoms with E-state index in [-0.39, 0.29) is 44.9 Å². The van der Waals surface area contributed by atoms with Crippen LogP contribution in [0, 0.1) is 0 Å². The molecule has 2 aliphatic rings. The lowest BCUT2D eigenvalue weighted by Crippen LogP contribution is -2.47. The minimum atomic E-state index is -0.639. The van der Waals surface area contributed by atoms with Gasteiger partial charge in [0.1, 0.15) is 19.4 Å². The number of hydrogen-bond acceptors (Lipinski definition) is 8. The summed E-state index contributed by atoms with van der Waals surface area (Å²) in [5, 5.41) is 9.53. The number of carbonyl (C=O) groups is 6. The summed E-state index contributed by atoms with van der Waals surface area (Å²) < 4.78 is 11.0. The molecule has 1 heterocycles. The highest BCUT2D eigenvalue weighted by Gasteiger charge is 2.29. The Morgan fingerprint density at radius 2 is 1.16 bits per heavy atom. The van der Waals surface area contributed by atoms with Gasteiger partial charge in [0.2, 0.25) is 35.4 Å². The SMILES string of the molecule is NC(=O)COC1CCCN1C(=O)CNC(=O)CNC(=O)CNC(=O)CNC(=O)COC1CCCCCCC1. The summed E-state index contributed by atoms with van der Waals surface area (Å²) in [6.45, 7) is -1.36. The Kier molecular flexibility index (Phi) is 14.1. The number of carbonyl (C=O) groups excluding carboxylic acids is 6. The second-order valence-electron chi connectivity index (χ2n) is 9.35. The van der Waals surface area contributed by atoms with E-state index in [4.69, 9.17) is 15.2 Å². The topological polar surface area (TPSA) is 198 Å². The van der Waals surface area contributed by atoms with Crippen LogP contribution in [-0.4, -0.2) is 98.6 Å². The Morgan fingerprint density at radius 1 is 0.632 bits per heavy atom. The second kappa shape index (κ2) is 17.3. The van der Waals surface area contributed by atoms with Gasteiger partial charge in [-0.05, 0) is 25.7 Å². The van der Waals surface area contributed by atoms with Gasteiger partial charge in [0.25, 0.3) is 0 Å². The van der Waals surface area contributed by atoms with Crippen molar-refractivity contribution in [2.24, 2.45) is 5.73 Å². The molecule has 0 bridgehead atoms. The summed E-state index contributed by atoms with van der Waals surface area (Å²) in [4.78, 5) is 72.3. The first-order valence-corrected chi connectivity index (χ1v) is 13.1. The van der Waals surface area contributed by atoms with Crippen LogP contribution in [0.5, 0.6) is 0 Å². The molecule has 2 fully saturated rings. The Bertz CT molecular complexity index is 831. The van der Waals surface area contributed by atoms with Gasteiger partial charge in [0.15, 0.2) is 0 Å². The quantitative estimate of drug-likeness (QED) is 0.167. The molecule has 1 unspecified atom stereocenters. The molecular weight excluding hydrogens is 500 g/mol. The van der Waals surface area contributed by atoms with E-state index in [0.29, 0.717) is 19.4 Å². The largest absolute Gasteiger partial charge is 0.368 e. The van der Waals surface area contributed by atoms with E-state index in [2.05, 4.69) is 21.3 Å². The third kappa shape index (κ3) is 12.8. The number of ether oxygens (including phenoxy) is 2. The standard InChI is InChI=1S/C24H40N6O8/c25-18(31)15-38-24-9-6-10-30(24)23(36)14-29-21(34)12-27-19(32)11-26-20(33)13-28-22(35)16-37-17-7-4-2-1-3-5-8-17/h17,24H,1-16H2,(H2,25,31)(H,26,33)(H,27,32)(H,28,35)(H,29,34). The van der Waals surface area contributed by atoms with Gasteiger partial charge >= 0.3 is 0 Å². The normalized spacial score (nSPS) is 18.1. The number of primary amides is 1. The van der Waals surface area contributed by atoms with E-state index in [1.54, 1.807) is 0 Å². The molecule has 0 aromatic carbocycles. The number of hydrogen-bond donors (Lipinski definition) is 5. The third-order valence-corrected chi connectivity index (χ3v) is 6.21. The number of nitrogens with two attached hydrogens (primary N) is 1. The maximum atomic E-state index is 12.3. The number of rotatable bonds is 14. The molecule has 1 saturated heterocycles. The van der Waals surface area contributed by atoms with Crippen molar-refractivity contribution < 1.29 is 38.2 Å². The average Bonchev–Trinajstić information content (AvgIpc) is 3.35. The van der Waals surface area contributed by atoms with E-state index in [0.717, 1.165) is 25.7 Å². The van der Waals surface area contributed by atoms with Crippen LogP contribution in [0.2, 0.25) is 0 Å². The van der Waals surface area contributed by atoms with Crippen molar-refractivity contribution in [2.45, 2.75) is 70.1 Å². The fraction of sp³-hybridized carbons (Fsp3) is 0.750. The number of likely N-dealkylation sites (tertiary alicyclic amines) is 1. The van der Waals surface area contributed by atoms with Crippen LogP contribution in [0.3, 0.4) is 0 Å². The Balaban J connectivity index is 1.53. The Hall–Kier alpha value is -3.26. The zero-order valence-electron chi connectivity index (χ0n) is 21.8. The van der Waals surface area contributed by atoms with Gasteiger partial charge in [-0.25, -0.2) is 0 Å². The van der Waals surface area contributed by atoms with Crippen LogP contribution in [-0.2, 0) is 38.2 Å². The molecule has 14 heteroatoms. The van der Waals surface area contributed by atoms with E-state index < -0.39 is 42.3 Å². The van der Waals surface area contributed by atoms with Crippen LogP contribution < -0.4 is 27.0 Å². The highest BCUT2D eigenvalue weighted by Crippen LogP contribution is 2.19. The molecule has 2 rings (SSSR count). The zero-order valence-corrected chi connectivity index (χ0v) is 21.8. The molecule has 38 heavy (non-hydrogen) atoms. The highest BCUT2D eigenvalue weighted by molar-refractivity contribution is 5.91. The molecular formula is C24H40N6O8. The first-order chi connectivity index (χ1) is 18.2. The van der Waals surface area contributed by atoms with Gasteiger partial charge in [-0.3, -0.25) is 28.8 Å². The van der Waals surface area contributed by atoms with Crippen LogP contribution in [0.25, 0.3) is 0 Å². The first-order valence-electron chi connectivity index (χ1n) is 13.1. The fourth-order valence-electron chi connectivity index (χ4n) is 4.20. The molecule has 14 nitrogen and oxygen atoms in total. The van der Waals surface area contributed by atoms with Crippen molar-refractivity contribution in [1.82, 2.24) is 26.2 Å². The zero-order chi connectivity index (χ0) is 27.8. The monoisotopic (exact) mass is 540 g/mol. The molecule has 1 aliphatic heterocycles. The molecule has 1 aliphatic carbocycles. The Labute approximate surface area is 222 Å². The van der Waals surface area contributed by atoms with Crippen LogP contribution in [0.15, 0.2) is 0 Å². The maximum absolute atomic E-state index is 12.3. The lowest BCUT2D eigenvalue weighted by molar-refractivity contribution is -0.145. The molecule has 1 saturated carbocycles. The molecule has 0 aromatic rings. The van der Waals surface area contributed by atoms with Crippen LogP contribution in [0.4, 0.5) is 0 Å². The lowest BCUT2D eigenvalue weighted by atomic mass is 9.99. The van der Waals surface area contributed by atoms with Crippen molar-refractivity contribution in [3.05, 3.63) is 0 Å². The van der Waals surface area contributed by atoms with E-state index in [1.165, 1.54) is 24.2 Å². The maximum Gasteiger partial charge on any atom is 0.246 e. The molecule has 0 radical (unpaired) electrons. The molecule has 0 aromatic heterocycles. The summed E-state index contributed by atoms with van der Waals surface area (Å²) in [6.07, 6.45) is 8.40. The van der Waals surface area contributed by atoms with Crippen molar-refractivity contribution in [1.29, 1.82) is 0 Å². The molecule has 214 valence electrons. The number of amides is 6. The predicted octanol–water partition coefficient (Wildman–Crippen LogP) is -1.97. The van der Waals surface area contributed by atoms with Crippen molar-refractivity contribution in [3.63, 3.8) is 0 Å². The van der Waals surface area contributed by atoms with Crippen molar-refractivity contribution in [3.8, 4) is 0 Å². The van der Waals surface area contributed by atoms with Gasteiger partial charge in [-0.1, -0.05) is 32.1 Å². The molecule has 6 N–H and O–H groups in total. The second-order valence-corrected chi connectivity index (χ2v) is 9.35. The third-order valence-electron chi connectivity index (χ3n) is 6.21. The lowest BCUT2D eigenvalue weighted by Gasteiger charge is -2.24. The molecule has 0 spiro atoms. The highest BCUT2D eigenvalue weighted by atomic mass is 16.5. The predicted molar refractivity (Wildman–Crippen MR) is 134 cm³/mol. The van der Waals surface area contributed by atoms with Gasteiger partial charge in [0, 0.05) is 6.54 Å². The summed E-state index contributed by atoms with van der Waals surface area (Å²) in [5.74, 6) is -3.20. The number of nitrogens with zero attached hydrogens (tertiary/aromatic N) is 1. The van der Waals surface area contributed by atoms with Gasteiger partial charge in [-0.2, -0.15) is 0 Å². The van der Waals surface area contributed by atoms with E-state index >= 15 is 0 Å².